The van der Waals surface area contributed by atoms with E-state index in [0.29, 0.717) is 6.04 Å². The third-order valence-electron chi connectivity index (χ3n) is 3.11. The lowest BCUT2D eigenvalue weighted by molar-refractivity contribution is 0.480. The molecule has 2 heterocycles. The molecule has 4 nitrogen and oxygen atoms in total. The number of nitrogens with one attached hydrogen (secondary N) is 3. The number of rotatable bonds is 2. The van der Waals surface area contributed by atoms with Crippen molar-refractivity contribution in [1.82, 2.24) is 15.5 Å². The van der Waals surface area contributed by atoms with Gasteiger partial charge in [0.1, 0.15) is 0 Å². The van der Waals surface area contributed by atoms with Crippen LogP contribution in [-0.4, -0.2) is 29.3 Å². The van der Waals surface area contributed by atoms with Crippen LogP contribution in [0.4, 0.5) is 5.69 Å². The fraction of sp³-hybridized carbons (Fsp3) is 0.417. The van der Waals surface area contributed by atoms with E-state index in [1.165, 1.54) is 18.5 Å². The highest BCUT2D eigenvalue weighted by atomic mass is 15.1. The molecule has 0 spiro atoms. The quantitative estimate of drug-likeness (QED) is 0.716. The molecule has 1 saturated heterocycles. The van der Waals surface area contributed by atoms with Gasteiger partial charge in [-0.25, -0.2) is 0 Å². The van der Waals surface area contributed by atoms with Crippen LogP contribution in [0.15, 0.2) is 24.4 Å². The van der Waals surface area contributed by atoms with E-state index in [1.54, 1.807) is 0 Å². The number of piperidine rings is 1. The number of nitrogens with zero attached hydrogens (tertiary/aromatic N) is 1. The second-order valence-electron chi connectivity index (χ2n) is 4.36. The number of aromatic amines is 1. The number of hydrogen-bond acceptors (Lipinski definition) is 3. The van der Waals surface area contributed by atoms with E-state index in [1.807, 2.05) is 6.20 Å². The Labute approximate surface area is 94.4 Å². The molecule has 0 aliphatic carbocycles. The molecule has 0 bridgehead atoms. The van der Waals surface area contributed by atoms with Crippen molar-refractivity contribution in [1.29, 1.82) is 0 Å². The molecule has 1 fully saturated rings. The van der Waals surface area contributed by atoms with Gasteiger partial charge in [0, 0.05) is 23.7 Å². The molecule has 1 aromatic heterocycles. The molecule has 0 amide bonds. The number of H-pyrrole nitrogens is 1. The van der Waals surface area contributed by atoms with E-state index >= 15 is 0 Å². The average Bonchev–Trinajstić information content (AvgIpc) is 2.77. The molecule has 1 aliphatic heterocycles. The zero-order valence-electron chi connectivity index (χ0n) is 9.16. The highest BCUT2D eigenvalue weighted by Crippen LogP contribution is 2.18. The Kier molecular flexibility index (Phi) is 2.50. The fourth-order valence-corrected chi connectivity index (χ4v) is 2.24. The first-order chi connectivity index (χ1) is 7.92. The Morgan fingerprint density at radius 2 is 2.38 bits per heavy atom. The molecule has 0 radical (unpaired) electrons. The molecule has 1 unspecified atom stereocenters. The van der Waals surface area contributed by atoms with E-state index in [0.717, 1.165) is 24.0 Å². The first-order valence-electron chi connectivity index (χ1n) is 5.82. The van der Waals surface area contributed by atoms with Crippen molar-refractivity contribution in [3.63, 3.8) is 0 Å². The predicted molar refractivity (Wildman–Crippen MR) is 65.6 cm³/mol. The van der Waals surface area contributed by atoms with Crippen LogP contribution in [0.5, 0.6) is 0 Å². The molecular weight excluding hydrogens is 200 g/mol. The van der Waals surface area contributed by atoms with Gasteiger partial charge in [0.25, 0.3) is 0 Å². The topological polar surface area (TPSA) is 52.7 Å². The Balaban J connectivity index is 1.77. The Morgan fingerprint density at radius 3 is 3.25 bits per heavy atom. The van der Waals surface area contributed by atoms with Crippen LogP contribution in [0.1, 0.15) is 12.8 Å². The monoisotopic (exact) mass is 216 g/mol. The number of benzene rings is 1. The fourth-order valence-electron chi connectivity index (χ4n) is 2.24. The first kappa shape index (κ1) is 9.66. The Morgan fingerprint density at radius 1 is 1.38 bits per heavy atom. The van der Waals surface area contributed by atoms with Gasteiger partial charge in [-0.05, 0) is 37.6 Å². The van der Waals surface area contributed by atoms with E-state index < -0.39 is 0 Å². The van der Waals surface area contributed by atoms with Gasteiger partial charge in [-0.3, -0.25) is 5.10 Å². The summed E-state index contributed by atoms with van der Waals surface area (Å²) in [5.74, 6) is 0. The lowest BCUT2D eigenvalue weighted by Crippen LogP contribution is -2.38. The summed E-state index contributed by atoms with van der Waals surface area (Å²) in [6.45, 7) is 2.21. The highest BCUT2D eigenvalue weighted by molar-refractivity contribution is 5.81. The smallest absolute Gasteiger partial charge is 0.0651 e. The number of anilines is 1. The van der Waals surface area contributed by atoms with Crippen molar-refractivity contribution < 1.29 is 0 Å². The number of aromatic nitrogens is 2. The summed E-state index contributed by atoms with van der Waals surface area (Å²) in [4.78, 5) is 0. The first-order valence-corrected chi connectivity index (χ1v) is 5.82. The van der Waals surface area contributed by atoms with E-state index in [4.69, 9.17) is 0 Å². The summed E-state index contributed by atoms with van der Waals surface area (Å²) in [7, 11) is 0. The summed E-state index contributed by atoms with van der Waals surface area (Å²) in [6.07, 6.45) is 4.36. The normalized spacial score (nSPS) is 21.1. The summed E-state index contributed by atoms with van der Waals surface area (Å²) >= 11 is 0. The number of fused-ring (bicyclic) bond motifs is 1. The van der Waals surface area contributed by atoms with Crippen molar-refractivity contribution in [2.24, 2.45) is 0 Å². The molecule has 84 valence electrons. The van der Waals surface area contributed by atoms with Crippen molar-refractivity contribution in [3.05, 3.63) is 24.4 Å². The summed E-state index contributed by atoms with van der Waals surface area (Å²) in [5.41, 5.74) is 2.27. The molecule has 3 N–H and O–H groups in total. The van der Waals surface area contributed by atoms with Gasteiger partial charge in [-0.15, -0.1) is 0 Å². The van der Waals surface area contributed by atoms with Gasteiger partial charge in [-0.1, -0.05) is 0 Å². The van der Waals surface area contributed by atoms with Crippen molar-refractivity contribution in [2.45, 2.75) is 18.9 Å². The molecule has 16 heavy (non-hydrogen) atoms. The van der Waals surface area contributed by atoms with Crippen LogP contribution in [0.25, 0.3) is 10.9 Å². The van der Waals surface area contributed by atoms with Crippen LogP contribution in [0.3, 0.4) is 0 Å². The van der Waals surface area contributed by atoms with E-state index in [-0.39, 0.29) is 0 Å². The minimum atomic E-state index is 0.554. The number of hydrogen-bond donors (Lipinski definition) is 3. The molecule has 1 aliphatic rings. The Hall–Kier alpha value is -1.55. The SMILES string of the molecule is c1cc2[nH]ncc2cc1NC1CCCNC1. The van der Waals surface area contributed by atoms with Gasteiger partial charge in [0.15, 0.2) is 0 Å². The van der Waals surface area contributed by atoms with Crippen molar-refractivity contribution >= 4 is 16.6 Å². The van der Waals surface area contributed by atoms with E-state index in [2.05, 4.69) is 39.0 Å². The second-order valence-corrected chi connectivity index (χ2v) is 4.36. The van der Waals surface area contributed by atoms with Crippen molar-refractivity contribution in [2.75, 3.05) is 18.4 Å². The standard InChI is InChI=1S/C12H16N4/c1-2-11(8-13-5-1)15-10-3-4-12-9(6-10)7-14-16-12/h3-4,6-7,11,13,15H,1-2,5,8H2,(H,14,16). The lowest BCUT2D eigenvalue weighted by Gasteiger charge is -2.24. The zero-order chi connectivity index (χ0) is 10.8. The van der Waals surface area contributed by atoms with Crippen LogP contribution in [-0.2, 0) is 0 Å². The van der Waals surface area contributed by atoms with Crippen LogP contribution >= 0.6 is 0 Å². The second kappa shape index (κ2) is 4.14. The molecule has 0 saturated carbocycles. The summed E-state index contributed by atoms with van der Waals surface area (Å²) in [5, 5.41) is 15.1. The van der Waals surface area contributed by atoms with Crippen molar-refractivity contribution in [3.8, 4) is 0 Å². The molecule has 4 heteroatoms. The average molecular weight is 216 g/mol. The molecule has 1 atom stereocenters. The largest absolute Gasteiger partial charge is 0.381 e. The van der Waals surface area contributed by atoms with Gasteiger partial charge < -0.3 is 10.6 Å². The third kappa shape index (κ3) is 1.88. The molecular formula is C12H16N4. The third-order valence-corrected chi connectivity index (χ3v) is 3.11. The molecule has 1 aromatic carbocycles. The summed E-state index contributed by atoms with van der Waals surface area (Å²) in [6, 6.07) is 6.88. The maximum Gasteiger partial charge on any atom is 0.0651 e. The molecule has 3 rings (SSSR count). The Bertz CT molecular complexity index is 471. The van der Waals surface area contributed by atoms with Crippen LogP contribution in [0.2, 0.25) is 0 Å². The van der Waals surface area contributed by atoms with E-state index in [9.17, 15) is 0 Å². The highest BCUT2D eigenvalue weighted by Gasteiger charge is 2.12. The van der Waals surface area contributed by atoms with Gasteiger partial charge in [0.2, 0.25) is 0 Å². The van der Waals surface area contributed by atoms with Crippen LogP contribution in [0, 0.1) is 0 Å². The molecule has 2 aromatic rings. The minimum Gasteiger partial charge on any atom is -0.381 e. The maximum absolute atomic E-state index is 4.02. The van der Waals surface area contributed by atoms with Crippen LogP contribution < -0.4 is 10.6 Å². The lowest BCUT2D eigenvalue weighted by atomic mass is 10.1. The van der Waals surface area contributed by atoms with Gasteiger partial charge in [0.05, 0.1) is 11.7 Å². The van der Waals surface area contributed by atoms with Gasteiger partial charge in [-0.2, -0.15) is 5.10 Å². The summed E-state index contributed by atoms with van der Waals surface area (Å²) < 4.78 is 0. The maximum atomic E-state index is 4.02. The minimum absolute atomic E-state index is 0.554. The predicted octanol–water partition coefficient (Wildman–Crippen LogP) is 1.73. The van der Waals surface area contributed by atoms with Gasteiger partial charge >= 0.3 is 0 Å². The zero-order valence-corrected chi connectivity index (χ0v) is 9.16.